The summed E-state index contributed by atoms with van der Waals surface area (Å²) in [5, 5.41) is 0. The Morgan fingerprint density at radius 3 is 2.00 bits per heavy atom. The van der Waals surface area contributed by atoms with Crippen LogP contribution in [0.2, 0.25) is 0 Å². The fourth-order valence-electron chi connectivity index (χ4n) is 3.17. The quantitative estimate of drug-likeness (QED) is 0.445. The standard InChI is InChI=1S/C10H17N.C10H15N.C9H13NO/c1-4-10-6-5-9(7-11-10)8(2)3;1-4-9-6-5-7-10(11-9)8(2)3;1-7(2)8-4-5-9(11-3)10-6-8/h7-8H,4-6H2,1-3H3;5-8H,4H2,1-3H3;4-7H,1-3H3. The lowest BCUT2D eigenvalue weighted by molar-refractivity contribution is 0.397. The maximum absolute atomic E-state index is 4.94. The fourth-order valence-corrected chi connectivity index (χ4v) is 3.17. The molecule has 0 bridgehead atoms. The number of aromatic nitrogens is 2. The van der Waals surface area contributed by atoms with E-state index < -0.39 is 0 Å². The molecule has 2 aromatic heterocycles. The molecule has 0 spiro atoms. The lowest BCUT2D eigenvalue weighted by Gasteiger charge is -2.14. The lowest BCUT2D eigenvalue weighted by atomic mass is 9.96. The highest BCUT2D eigenvalue weighted by Gasteiger charge is 2.08. The summed E-state index contributed by atoms with van der Waals surface area (Å²) in [5.74, 6) is 2.43. The number of rotatable bonds is 6. The van der Waals surface area contributed by atoms with Crippen molar-refractivity contribution in [1.29, 1.82) is 0 Å². The van der Waals surface area contributed by atoms with Crippen molar-refractivity contribution in [2.24, 2.45) is 10.9 Å². The molecule has 0 saturated heterocycles. The van der Waals surface area contributed by atoms with E-state index in [9.17, 15) is 0 Å². The summed E-state index contributed by atoms with van der Waals surface area (Å²) in [6.07, 6.45) is 8.46. The van der Waals surface area contributed by atoms with E-state index in [4.69, 9.17) is 4.74 Å². The van der Waals surface area contributed by atoms with Crippen LogP contribution in [0, 0.1) is 5.92 Å². The van der Waals surface area contributed by atoms with E-state index in [-0.39, 0.29) is 0 Å². The van der Waals surface area contributed by atoms with Gasteiger partial charge in [-0.1, -0.05) is 67.5 Å². The van der Waals surface area contributed by atoms with E-state index in [1.807, 2.05) is 18.3 Å². The molecule has 0 aliphatic carbocycles. The Morgan fingerprint density at radius 2 is 1.58 bits per heavy atom. The summed E-state index contributed by atoms with van der Waals surface area (Å²) in [6.45, 7) is 17.4. The average Bonchev–Trinajstić information content (AvgIpc) is 2.84. The second kappa shape index (κ2) is 15.4. The largest absolute Gasteiger partial charge is 0.481 e. The molecule has 182 valence electrons. The van der Waals surface area contributed by atoms with Gasteiger partial charge in [0.15, 0.2) is 0 Å². The zero-order valence-electron chi connectivity index (χ0n) is 22.4. The molecule has 1 aliphatic rings. The molecule has 3 rings (SSSR count). The fraction of sp³-hybridized carbons (Fsp3) is 0.552. The van der Waals surface area contributed by atoms with E-state index in [2.05, 4.69) is 94.7 Å². The second-order valence-corrected chi connectivity index (χ2v) is 9.26. The molecule has 1 aliphatic heterocycles. The molecule has 4 heteroatoms. The number of aliphatic imine (C=N–C) groups is 1. The highest BCUT2D eigenvalue weighted by molar-refractivity contribution is 5.85. The summed E-state index contributed by atoms with van der Waals surface area (Å²) < 4.78 is 4.94. The minimum absolute atomic E-state index is 0.536. The summed E-state index contributed by atoms with van der Waals surface area (Å²) in [7, 11) is 1.62. The number of pyridine rings is 2. The van der Waals surface area contributed by atoms with Gasteiger partial charge in [-0.15, -0.1) is 0 Å². The van der Waals surface area contributed by atoms with Crippen LogP contribution in [0.4, 0.5) is 0 Å². The van der Waals surface area contributed by atoms with Crippen molar-refractivity contribution < 1.29 is 4.74 Å². The minimum Gasteiger partial charge on any atom is -0.481 e. The number of nitrogens with zero attached hydrogens (tertiary/aromatic N) is 3. The third kappa shape index (κ3) is 10.8. The van der Waals surface area contributed by atoms with Crippen LogP contribution in [0.1, 0.15) is 103 Å². The van der Waals surface area contributed by atoms with Crippen molar-refractivity contribution in [3.05, 3.63) is 65.3 Å². The van der Waals surface area contributed by atoms with E-state index in [1.165, 1.54) is 41.1 Å². The van der Waals surface area contributed by atoms with Crippen LogP contribution in [-0.2, 0) is 6.42 Å². The summed E-state index contributed by atoms with van der Waals surface area (Å²) in [4.78, 5) is 13.0. The number of allylic oxidation sites excluding steroid dienone is 1. The third-order valence-electron chi connectivity index (χ3n) is 5.68. The van der Waals surface area contributed by atoms with Crippen molar-refractivity contribution >= 4 is 5.71 Å². The molecule has 0 radical (unpaired) electrons. The molecular formula is C29H45N3O. The minimum atomic E-state index is 0.536. The average molecular weight is 452 g/mol. The number of ether oxygens (including phenoxy) is 1. The van der Waals surface area contributed by atoms with Gasteiger partial charge in [0, 0.05) is 35.6 Å². The first kappa shape index (κ1) is 28.5. The monoisotopic (exact) mass is 451 g/mol. The second-order valence-electron chi connectivity index (χ2n) is 9.26. The van der Waals surface area contributed by atoms with Gasteiger partial charge in [0.2, 0.25) is 5.88 Å². The normalized spacial score (nSPS) is 13.0. The Balaban J connectivity index is 0.000000247. The molecule has 0 saturated carbocycles. The van der Waals surface area contributed by atoms with E-state index >= 15 is 0 Å². The molecule has 0 N–H and O–H groups in total. The Bertz CT molecular complexity index is 865. The molecule has 33 heavy (non-hydrogen) atoms. The van der Waals surface area contributed by atoms with E-state index in [0.717, 1.165) is 12.8 Å². The van der Waals surface area contributed by atoms with Gasteiger partial charge in [-0.05, 0) is 66.7 Å². The number of hydrogen-bond acceptors (Lipinski definition) is 4. The highest BCUT2D eigenvalue weighted by Crippen LogP contribution is 2.20. The number of aryl methyl sites for hydroxylation is 1. The van der Waals surface area contributed by atoms with Gasteiger partial charge in [0.1, 0.15) is 0 Å². The predicted octanol–water partition coefficient (Wildman–Crippen LogP) is 8.15. The van der Waals surface area contributed by atoms with Crippen molar-refractivity contribution in [1.82, 2.24) is 9.97 Å². The molecule has 4 nitrogen and oxygen atoms in total. The van der Waals surface area contributed by atoms with Gasteiger partial charge < -0.3 is 4.74 Å². The highest BCUT2D eigenvalue weighted by atomic mass is 16.5. The molecule has 0 aromatic carbocycles. The van der Waals surface area contributed by atoms with Crippen LogP contribution >= 0.6 is 0 Å². The Labute approximate surface area is 202 Å². The van der Waals surface area contributed by atoms with Gasteiger partial charge >= 0.3 is 0 Å². The maximum atomic E-state index is 4.94. The van der Waals surface area contributed by atoms with Gasteiger partial charge in [0.05, 0.1) is 7.11 Å². The molecule has 3 heterocycles. The molecule has 0 unspecified atom stereocenters. The van der Waals surface area contributed by atoms with Crippen molar-refractivity contribution in [2.45, 2.75) is 92.9 Å². The molecule has 0 atom stereocenters. The first-order valence-electron chi connectivity index (χ1n) is 12.4. The topological polar surface area (TPSA) is 47.4 Å². The van der Waals surface area contributed by atoms with Crippen molar-refractivity contribution in [2.75, 3.05) is 7.11 Å². The number of methoxy groups -OCH3 is 1. The Kier molecular flexibility index (Phi) is 13.3. The van der Waals surface area contributed by atoms with Gasteiger partial charge in [-0.25, -0.2) is 4.98 Å². The van der Waals surface area contributed by atoms with Crippen molar-refractivity contribution in [3.8, 4) is 5.88 Å². The zero-order chi connectivity index (χ0) is 24.8. The Morgan fingerprint density at radius 1 is 0.848 bits per heavy atom. The lowest BCUT2D eigenvalue weighted by Crippen LogP contribution is -2.05. The van der Waals surface area contributed by atoms with Crippen LogP contribution in [0.3, 0.4) is 0 Å². The maximum Gasteiger partial charge on any atom is 0.212 e. The molecule has 2 aromatic rings. The number of hydrogen-bond donors (Lipinski definition) is 0. The smallest absolute Gasteiger partial charge is 0.212 e. The SMILES string of the molecule is CCC1=NC=C(C(C)C)CC1.CCc1cccc(C(C)C)n1.COc1ccc(C(C)C)cn1. The zero-order valence-corrected chi connectivity index (χ0v) is 22.4. The third-order valence-corrected chi connectivity index (χ3v) is 5.68. The van der Waals surface area contributed by atoms with Gasteiger partial charge in [-0.2, -0.15) is 0 Å². The van der Waals surface area contributed by atoms with Crippen LogP contribution in [0.5, 0.6) is 5.88 Å². The summed E-state index contributed by atoms with van der Waals surface area (Å²) in [5.41, 5.74) is 6.49. The van der Waals surface area contributed by atoms with Crippen LogP contribution in [-0.4, -0.2) is 22.8 Å². The molecule has 0 amide bonds. The van der Waals surface area contributed by atoms with Gasteiger partial charge in [-0.3, -0.25) is 9.98 Å². The summed E-state index contributed by atoms with van der Waals surface area (Å²) in [6, 6.07) is 10.2. The predicted molar refractivity (Wildman–Crippen MR) is 142 cm³/mol. The van der Waals surface area contributed by atoms with Crippen molar-refractivity contribution in [3.63, 3.8) is 0 Å². The molecule has 0 fully saturated rings. The molecular weight excluding hydrogens is 406 g/mol. The van der Waals surface area contributed by atoms with Crippen LogP contribution in [0.15, 0.2) is 53.3 Å². The van der Waals surface area contributed by atoms with Crippen LogP contribution < -0.4 is 4.74 Å². The van der Waals surface area contributed by atoms with Gasteiger partial charge in [0.25, 0.3) is 0 Å². The van der Waals surface area contributed by atoms with E-state index in [1.54, 1.807) is 7.11 Å². The van der Waals surface area contributed by atoms with E-state index in [0.29, 0.717) is 23.6 Å². The Hall–Kier alpha value is -2.49. The first-order valence-corrected chi connectivity index (χ1v) is 12.4. The van der Waals surface area contributed by atoms with Crippen LogP contribution in [0.25, 0.3) is 0 Å². The summed E-state index contributed by atoms with van der Waals surface area (Å²) >= 11 is 0. The first-order chi connectivity index (χ1) is 15.7.